The zero-order valence-electron chi connectivity index (χ0n) is 19.1. The largest absolute Gasteiger partial charge is 0.396 e. The minimum Gasteiger partial charge on any atom is -0.396 e. The lowest BCUT2D eigenvalue weighted by Gasteiger charge is -2.22. The van der Waals surface area contributed by atoms with Gasteiger partial charge in [0.05, 0.1) is 0 Å². The first-order valence-electron chi connectivity index (χ1n) is 12.1. The molecule has 1 amide bonds. The van der Waals surface area contributed by atoms with Crippen LogP contribution in [0.4, 0.5) is 0 Å². The number of hydroxylamine groups is 1. The van der Waals surface area contributed by atoms with Crippen molar-refractivity contribution in [3.05, 3.63) is 48.0 Å². The van der Waals surface area contributed by atoms with E-state index in [2.05, 4.69) is 52.8 Å². The summed E-state index contributed by atoms with van der Waals surface area (Å²) in [6.45, 7) is 3.78. The van der Waals surface area contributed by atoms with Crippen LogP contribution in [0.15, 0.2) is 42.5 Å². The van der Waals surface area contributed by atoms with Crippen molar-refractivity contribution >= 4 is 16.7 Å². The van der Waals surface area contributed by atoms with Gasteiger partial charge in [0.1, 0.15) is 0 Å². The average molecular weight is 443 g/mol. The Balaban J connectivity index is 1.34. The molecule has 2 N–H and O–H groups in total. The summed E-state index contributed by atoms with van der Waals surface area (Å²) in [6, 6.07) is 15.0. The summed E-state index contributed by atoms with van der Waals surface area (Å²) in [4.78, 5) is 19.7. The molecule has 32 heavy (non-hydrogen) atoms. The third-order valence-electron chi connectivity index (χ3n) is 6.03. The first kappa shape index (κ1) is 24.6. The van der Waals surface area contributed by atoms with Crippen molar-refractivity contribution in [1.29, 1.82) is 0 Å². The van der Waals surface area contributed by atoms with Gasteiger partial charge in [0.25, 0.3) is 0 Å². The zero-order valence-corrected chi connectivity index (χ0v) is 19.1. The minimum absolute atomic E-state index is 0.0766. The summed E-state index contributed by atoms with van der Waals surface area (Å²) in [5.41, 5.74) is 3.90. The van der Waals surface area contributed by atoms with Gasteiger partial charge in [0.15, 0.2) is 6.29 Å². The van der Waals surface area contributed by atoms with Gasteiger partial charge in [-0.1, -0.05) is 48.9 Å². The van der Waals surface area contributed by atoms with E-state index >= 15 is 0 Å². The molecule has 1 unspecified atom stereocenters. The predicted octanol–water partition coefficient (Wildman–Crippen LogP) is 4.20. The predicted molar refractivity (Wildman–Crippen MR) is 127 cm³/mol. The Hall–Kier alpha value is -1.99. The Morgan fingerprint density at radius 2 is 1.88 bits per heavy atom. The van der Waals surface area contributed by atoms with Crippen LogP contribution >= 0.6 is 0 Å². The fourth-order valence-corrected chi connectivity index (χ4v) is 4.20. The number of ether oxygens (including phenoxy) is 1. The monoisotopic (exact) mass is 442 g/mol. The van der Waals surface area contributed by atoms with Crippen molar-refractivity contribution in [3.8, 4) is 0 Å². The Morgan fingerprint density at radius 3 is 2.72 bits per heavy atom. The molecule has 2 aromatic carbocycles. The van der Waals surface area contributed by atoms with E-state index in [9.17, 15) is 9.90 Å². The first-order chi connectivity index (χ1) is 15.8. The molecule has 0 aliphatic carbocycles. The maximum absolute atomic E-state index is 12.0. The number of aliphatic hydroxyl groups is 1. The molecular weight excluding hydrogens is 404 g/mol. The second-order valence-electron chi connectivity index (χ2n) is 8.56. The summed E-state index contributed by atoms with van der Waals surface area (Å²) in [5.74, 6) is -0.0766. The maximum atomic E-state index is 12.0. The van der Waals surface area contributed by atoms with Crippen LogP contribution < -0.4 is 5.48 Å². The van der Waals surface area contributed by atoms with Gasteiger partial charge in [-0.3, -0.25) is 4.79 Å². The van der Waals surface area contributed by atoms with E-state index in [-0.39, 0.29) is 18.8 Å². The van der Waals surface area contributed by atoms with Crippen LogP contribution in [0.3, 0.4) is 0 Å². The minimum atomic E-state index is -0.297. The molecule has 176 valence electrons. The molecule has 1 atom stereocenters. The van der Waals surface area contributed by atoms with Crippen molar-refractivity contribution in [2.24, 2.45) is 0 Å². The highest BCUT2D eigenvalue weighted by Gasteiger charge is 2.15. The number of hydrogen-bond donors (Lipinski definition) is 2. The number of carbonyl (C=O) groups is 1. The Morgan fingerprint density at radius 1 is 1.03 bits per heavy atom. The van der Waals surface area contributed by atoms with Gasteiger partial charge in [-0.05, 0) is 61.4 Å². The summed E-state index contributed by atoms with van der Waals surface area (Å²) >= 11 is 0. The number of nitrogens with one attached hydrogen (secondary N) is 1. The SMILES string of the molecule is O=C(CCCCCN(CCCO)CCc1cccc2ccccc12)NOC1CCCCO1. The molecule has 6 heteroatoms. The topological polar surface area (TPSA) is 71.0 Å². The van der Waals surface area contributed by atoms with Gasteiger partial charge < -0.3 is 14.7 Å². The molecule has 0 saturated carbocycles. The molecule has 6 nitrogen and oxygen atoms in total. The molecule has 0 radical (unpaired) electrons. The van der Waals surface area contributed by atoms with Crippen LogP contribution in [0.5, 0.6) is 0 Å². The number of unbranched alkanes of at least 4 members (excludes halogenated alkanes) is 2. The highest BCUT2D eigenvalue weighted by atomic mass is 16.8. The number of aliphatic hydroxyl groups excluding tert-OH is 1. The second kappa shape index (κ2) is 14.2. The molecule has 3 rings (SSSR count). The smallest absolute Gasteiger partial charge is 0.243 e. The molecule has 1 heterocycles. The number of nitrogens with zero attached hydrogens (tertiary/aromatic N) is 1. The highest BCUT2D eigenvalue weighted by Crippen LogP contribution is 2.19. The van der Waals surface area contributed by atoms with E-state index in [0.29, 0.717) is 13.0 Å². The molecule has 1 aliphatic rings. The maximum Gasteiger partial charge on any atom is 0.243 e. The summed E-state index contributed by atoms with van der Waals surface area (Å²) in [5, 5.41) is 11.9. The van der Waals surface area contributed by atoms with Gasteiger partial charge in [-0.2, -0.15) is 0 Å². The summed E-state index contributed by atoms with van der Waals surface area (Å²) in [7, 11) is 0. The lowest BCUT2D eigenvalue weighted by molar-refractivity contribution is -0.200. The lowest BCUT2D eigenvalue weighted by atomic mass is 10.0. The van der Waals surface area contributed by atoms with Crippen molar-refractivity contribution in [2.75, 3.05) is 32.8 Å². The van der Waals surface area contributed by atoms with E-state index in [1.165, 1.54) is 16.3 Å². The normalized spacial score (nSPS) is 16.5. The van der Waals surface area contributed by atoms with E-state index in [1.54, 1.807) is 0 Å². The molecule has 1 fully saturated rings. The lowest BCUT2D eigenvalue weighted by Crippen LogP contribution is -2.33. The third kappa shape index (κ3) is 8.51. The Bertz CT molecular complexity index is 802. The van der Waals surface area contributed by atoms with Crippen LogP contribution in [-0.2, 0) is 20.8 Å². The summed E-state index contributed by atoms with van der Waals surface area (Å²) in [6.07, 6.45) is 7.82. The number of fused-ring (bicyclic) bond motifs is 1. The van der Waals surface area contributed by atoms with Gasteiger partial charge >= 0.3 is 0 Å². The van der Waals surface area contributed by atoms with E-state index in [4.69, 9.17) is 9.57 Å². The highest BCUT2D eigenvalue weighted by molar-refractivity contribution is 5.85. The van der Waals surface area contributed by atoms with Gasteiger partial charge in [0.2, 0.25) is 5.91 Å². The zero-order chi connectivity index (χ0) is 22.4. The molecule has 1 aliphatic heterocycles. The van der Waals surface area contributed by atoms with Crippen LogP contribution in [0.25, 0.3) is 10.8 Å². The quantitative estimate of drug-likeness (QED) is 0.339. The van der Waals surface area contributed by atoms with Crippen LogP contribution in [0.2, 0.25) is 0 Å². The molecule has 0 aromatic heterocycles. The fourth-order valence-electron chi connectivity index (χ4n) is 4.20. The van der Waals surface area contributed by atoms with E-state index < -0.39 is 0 Å². The van der Waals surface area contributed by atoms with Crippen LogP contribution in [0.1, 0.15) is 56.9 Å². The average Bonchev–Trinajstić information content (AvgIpc) is 2.84. The van der Waals surface area contributed by atoms with Gasteiger partial charge in [0, 0.05) is 39.1 Å². The van der Waals surface area contributed by atoms with Gasteiger partial charge in [-0.25, -0.2) is 10.3 Å². The standard InChI is InChI=1S/C26H38N2O4/c29-20-9-18-28(19-16-23-12-8-11-22-10-3-4-13-24(22)23)17-6-1-2-14-25(30)27-32-26-15-5-7-21-31-26/h3-4,8,10-13,26,29H,1-2,5-7,9,14-21H2,(H,27,30). The van der Waals surface area contributed by atoms with Crippen molar-refractivity contribution in [3.63, 3.8) is 0 Å². The number of benzene rings is 2. The van der Waals surface area contributed by atoms with E-state index in [0.717, 1.165) is 71.0 Å². The Kier molecular flexibility index (Phi) is 11.0. The fraction of sp³-hybridized carbons (Fsp3) is 0.577. The molecular formula is C26H38N2O4. The molecule has 0 spiro atoms. The van der Waals surface area contributed by atoms with Crippen molar-refractivity contribution in [1.82, 2.24) is 10.4 Å². The molecule has 1 saturated heterocycles. The van der Waals surface area contributed by atoms with Gasteiger partial charge in [-0.15, -0.1) is 0 Å². The van der Waals surface area contributed by atoms with E-state index in [1.807, 2.05) is 0 Å². The van der Waals surface area contributed by atoms with Crippen LogP contribution in [-0.4, -0.2) is 55.1 Å². The number of carbonyl (C=O) groups excluding carboxylic acids is 1. The number of amides is 1. The third-order valence-corrected chi connectivity index (χ3v) is 6.03. The van der Waals surface area contributed by atoms with Crippen LogP contribution in [0, 0.1) is 0 Å². The second-order valence-corrected chi connectivity index (χ2v) is 8.56. The number of hydrogen-bond acceptors (Lipinski definition) is 5. The van der Waals surface area contributed by atoms with Crippen molar-refractivity contribution < 1.29 is 19.5 Å². The molecule has 2 aromatic rings. The number of rotatable bonds is 14. The van der Waals surface area contributed by atoms with Crippen molar-refractivity contribution in [2.45, 2.75) is 64.1 Å². The first-order valence-corrected chi connectivity index (χ1v) is 12.1. The Labute approximate surface area is 191 Å². The summed E-state index contributed by atoms with van der Waals surface area (Å²) < 4.78 is 5.45. The molecule has 0 bridgehead atoms.